The van der Waals surface area contributed by atoms with Crippen molar-refractivity contribution in [3.63, 3.8) is 0 Å². The normalized spacial score (nSPS) is 23.7. The maximum absolute atomic E-state index is 12.9. The Kier molecular flexibility index (Phi) is 7.26. The standard InChI is InChI=1S/C19H27N3O2.ClH/c1-15-13-20-9-11-22(15)19(24)17-8-5-10-21(14-17)18(23)12-16-6-3-2-4-7-16;/h2-4,6-7,15,17,20H,5,8-14H2,1H3;1H/t15-,17?;/m1./s1. The first-order chi connectivity index (χ1) is 11.6. The Morgan fingerprint density at radius 1 is 1.20 bits per heavy atom. The number of piperazine rings is 1. The summed E-state index contributed by atoms with van der Waals surface area (Å²) in [4.78, 5) is 29.3. The molecule has 1 unspecified atom stereocenters. The van der Waals surface area contributed by atoms with Gasteiger partial charge in [0, 0.05) is 38.8 Å². The number of halogens is 1. The second-order valence-electron chi connectivity index (χ2n) is 6.93. The highest BCUT2D eigenvalue weighted by Crippen LogP contribution is 2.21. The van der Waals surface area contributed by atoms with Gasteiger partial charge in [-0.1, -0.05) is 30.3 Å². The molecular formula is C19H28ClN3O2. The fraction of sp³-hybridized carbons (Fsp3) is 0.579. The smallest absolute Gasteiger partial charge is 0.227 e. The highest BCUT2D eigenvalue weighted by atomic mass is 35.5. The number of nitrogens with one attached hydrogen (secondary N) is 1. The number of hydrogen-bond acceptors (Lipinski definition) is 3. The van der Waals surface area contributed by atoms with Crippen LogP contribution in [0.25, 0.3) is 0 Å². The third kappa shape index (κ3) is 4.95. The summed E-state index contributed by atoms with van der Waals surface area (Å²) in [6, 6.07) is 10.1. The Labute approximate surface area is 156 Å². The summed E-state index contributed by atoms with van der Waals surface area (Å²) < 4.78 is 0. The molecule has 2 aliphatic rings. The molecule has 0 aliphatic carbocycles. The van der Waals surface area contributed by atoms with E-state index in [2.05, 4.69) is 12.2 Å². The van der Waals surface area contributed by atoms with Gasteiger partial charge in [-0.3, -0.25) is 9.59 Å². The highest BCUT2D eigenvalue weighted by molar-refractivity contribution is 5.85. The van der Waals surface area contributed by atoms with Crippen LogP contribution in [-0.2, 0) is 16.0 Å². The largest absolute Gasteiger partial charge is 0.342 e. The van der Waals surface area contributed by atoms with Gasteiger partial charge in [0.05, 0.1) is 12.3 Å². The summed E-state index contributed by atoms with van der Waals surface area (Å²) in [6.45, 7) is 5.92. The van der Waals surface area contributed by atoms with Crippen molar-refractivity contribution in [1.29, 1.82) is 0 Å². The summed E-state index contributed by atoms with van der Waals surface area (Å²) in [7, 11) is 0. The fourth-order valence-electron chi connectivity index (χ4n) is 3.69. The molecule has 138 valence electrons. The first kappa shape index (κ1) is 19.7. The first-order valence-corrected chi connectivity index (χ1v) is 8.98. The Balaban J connectivity index is 0.00000225. The van der Waals surface area contributed by atoms with Crippen LogP contribution in [0.2, 0.25) is 0 Å². The lowest BCUT2D eigenvalue weighted by molar-refractivity contribution is -0.142. The third-order valence-corrected chi connectivity index (χ3v) is 5.11. The molecule has 6 heteroatoms. The average molecular weight is 366 g/mol. The quantitative estimate of drug-likeness (QED) is 0.887. The minimum atomic E-state index is -0.0426. The predicted octanol–water partition coefficient (Wildman–Crippen LogP) is 1.71. The second kappa shape index (κ2) is 9.20. The molecule has 2 fully saturated rings. The lowest BCUT2D eigenvalue weighted by Crippen LogP contribution is -2.56. The fourth-order valence-corrected chi connectivity index (χ4v) is 3.69. The van der Waals surface area contributed by atoms with Gasteiger partial charge in [0.25, 0.3) is 0 Å². The van der Waals surface area contributed by atoms with E-state index in [1.807, 2.05) is 40.1 Å². The number of piperidine rings is 1. The third-order valence-electron chi connectivity index (χ3n) is 5.11. The van der Waals surface area contributed by atoms with Gasteiger partial charge < -0.3 is 15.1 Å². The van der Waals surface area contributed by atoms with Gasteiger partial charge in [-0.25, -0.2) is 0 Å². The van der Waals surface area contributed by atoms with Crippen molar-refractivity contribution in [3.05, 3.63) is 35.9 Å². The number of carbonyl (C=O) groups is 2. The number of benzene rings is 1. The molecule has 0 radical (unpaired) electrons. The van der Waals surface area contributed by atoms with E-state index >= 15 is 0 Å². The number of carbonyl (C=O) groups excluding carboxylic acids is 2. The zero-order valence-corrected chi connectivity index (χ0v) is 15.6. The molecular weight excluding hydrogens is 338 g/mol. The molecule has 2 aliphatic heterocycles. The Bertz CT molecular complexity index is 581. The van der Waals surface area contributed by atoms with Crippen LogP contribution in [-0.4, -0.2) is 60.4 Å². The van der Waals surface area contributed by atoms with Crippen LogP contribution in [0.1, 0.15) is 25.3 Å². The molecule has 2 amide bonds. The van der Waals surface area contributed by atoms with Crippen molar-refractivity contribution in [2.24, 2.45) is 5.92 Å². The van der Waals surface area contributed by atoms with Gasteiger partial charge in [0.2, 0.25) is 11.8 Å². The molecule has 2 saturated heterocycles. The van der Waals surface area contributed by atoms with Crippen molar-refractivity contribution in [3.8, 4) is 0 Å². The van der Waals surface area contributed by atoms with Crippen molar-refractivity contribution >= 4 is 24.2 Å². The zero-order chi connectivity index (χ0) is 16.9. The summed E-state index contributed by atoms with van der Waals surface area (Å²) >= 11 is 0. The van der Waals surface area contributed by atoms with E-state index in [0.717, 1.165) is 44.6 Å². The molecule has 5 nitrogen and oxygen atoms in total. The Morgan fingerprint density at radius 2 is 1.96 bits per heavy atom. The summed E-state index contributed by atoms with van der Waals surface area (Å²) in [5.74, 6) is 0.312. The van der Waals surface area contributed by atoms with Gasteiger partial charge in [-0.05, 0) is 25.3 Å². The molecule has 1 aromatic carbocycles. The molecule has 0 bridgehead atoms. The lowest BCUT2D eigenvalue weighted by Gasteiger charge is -2.39. The molecule has 1 N–H and O–H groups in total. The van der Waals surface area contributed by atoms with E-state index in [-0.39, 0.29) is 36.2 Å². The Hall–Kier alpha value is -1.59. The average Bonchev–Trinajstić information content (AvgIpc) is 2.62. The van der Waals surface area contributed by atoms with Crippen molar-refractivity contribution in [1.82, 2.24) is 15.1 Å². The minimum Gasteiger partial charge on any atom is -0.342 e. The molecule has 0 saturated carbocycles. The van der Waals surface area contributed by atoms with Gasteiger partial charge in [-0.15, -0.1) is 12.4 Å². The van der Waals surface area contributed by atoms with Crippen LogP contribution in [0, 0.1) is 5.92 Å². The van der Waals surface area contributed by atoms with Gasteiger partial charge in [0.15, 0.2) is 0 Å². The van der Waals surface area contributed by atoms with Crippen LogP contribution in [0.15, 0.2) is 30.3 Å². The summed E-state index contributed by atoms with van der Waals surface area (Å²) in [5, 5.41) is 3.32. The van der Waals surface area contributed by atoms with Crippen LogP contribution >= 0.6 is 12.4 Å². The monoisotopic (exact) mass is 365 g/mol. The molecule has 1 aromatic rings. The van der Waals surface area contributed by atoms with Crippen LogP contribution in [0.5, 0.6) is 0 Å². The molecule has 3 rings (SSSR count). The van der Waals surface area contributed by atoms with Crippen LogP contribution in [0.3, 0.4) is 0 Å². The number of rotatable bonds is 3. The van der Waals surface area contributed by atoms with Crippen molar-refractivity contribution in [2.75, 3.05) is 32.7 Å². The van der Waals surface area contributed by atoms with E-state index in [1.54, 1.807) is 0 Å². The number of nitrogens with zero attached hydrogens (tertiary/aromatic N) is 2. The number of likely N-dealkylation sites (tertiary alicyclic amines) is 1. The molecule has 2 heterocycles. The number of hydrogen-bond donors (Lipinski definition) is 1. The lowest BCUT2D eigenvalue weighted by atomic mass is 9.95. The molecule has 0 spiro atoms. The number of amides is 2. The van der Waals surface area contributed by atoms with Gasteiger partial charge in [-0.2, -0.15) is 0 Å². The molecule has 0 aromatic heterocycles. The van der Waals surface area contributed by atoms with E-state index in [1.165, 1.54) is 0 Å². The van der Waals surface area contributed by atoms with Gasteiger partial charge >= 0.3 is 0 Å². The van der Waals surface area contributed by atoms with E-state index in [4.69, 9.17) is 0 Å². The molecule has 25 heavy (non-hydrogen) atoms. The van der Waals surface area contributed by atoms with E-state index < -0.39 is 0 Å². The van der Waals surface area contributed by atoms with E-state index in [9.17, 15) is 9.59 Å². The zero-order valence-electron chi connectivity index (χ0n) is 14.8. The van der Waals surface area contributed by atoms with Crippen LogP contribution < -0.4 is 5.32 Å². The highest BCUT2D eigenvalue weighted by Gasteiger charge is 2.33. The Morgan fingerprint density at radius 3 is 2.68 bits per heavy atom. The molecule has 2 atom stereocenters. The summed E-state index contributed by atoms with van der Waals surface area (Å²) in [5.41, 5.74) is 1.03. The van der Waals surface area contributed by atoms with Crippen LogP contribution in [0.4, 0.5) is 0 Å². The first-order valence-electron chi connectivity index (χ1n) is 8.98. The van der Waals surface area contributed by atoms with E-state index in [0.29, 0.717) is 13.0 Å². The van der Waals surface area contributed by atoms with Gasteiger partial charge in [0.1, 0.15) is 0 Å². The summed E-state index contributed by atoms with van der Waals surface area (Å²) in [6.07, 6.45) is 2.23. The van der Waals surface area contributed by atoms with Crippen molar-refractivity contribution in [2.45, 2.75) is 32.2 Å². The predicted molar refractivity (Wildman–Crippen MR) is 101 cm³/mol. The second-order valence-corrected chi connectivity index (χ2v) is 6.93. The SMILES string of the molecule is C[C@@H]1CNCCN1C(=O)C1CCCN(C(=O)Cc2ccccc2)C1.Cl. The topological polar surface area (TPSA) is 52.7 Å². The maximum Gasteiger partial charge on any atom is 0.227 e. The maximum atomic E-state index is 12.9. The van der Waals surface area contributed by atoms with Crippen molar-refractivity contribution < 1.29 is 9.59 Å². The minimum absolute atomic E-state index is 0.